The summed E-state index contributed by atoms with van der Waals surface area (Å²) in [4.78, 5) is 14.1. The van der Waals surface area contributed by atoms with E-state index in [1.165, 1.54) is 11.8 Å². The molecule has 116 valence electrons. The lowest BCUT2D eigenvalue weighted by atomic mass is 10.3. The first-order chi connectivity index (χ1) is 10.7. The van der Waals surface area contributed by atoms with Crippen LogP contribution in [0.5, 0.6) is 0 Å². The van der Waals surface area contributed by atoms with Crippen LogP contribution in [0.3, 0.4) is 0 Å². The zero-order valence-corrected chi connectivity index (χ0v) is 13.1. The third-order valence-corrected chi connectivity index (χ3v) is 4.26. The van der Waals surface area contributed by atoms with Crippen molar-refractivity contribution in [3.05, 3.63) is 30.3 Å². The van der Waals surface area contributed by atoms with E-state index >= 15 is 0 Å². The Morgan fingerprint density at radius 3 is 3.00 bits per heavy atom. The zero-order valence-electron chi connectivity index (χ0n) is 12.3. The van der Waals surface area contributed by atoms with Crippen molar-refractivity contribution in [1.82, 2.24) is 25.1 Å². The second kappa shape index (κ2) is 6.89. The first-order valence-corrected chi connectivity index (χ1v) is 8.08. The molecule has 1 aliphatic rings. The summed E-state index contributed by atoms with van der Waals surface area (Å²) in [7, 11) is 0. The lowest BCUT2D eigenvalue weighted by Gasteiger charge is -2.31. The number of tetrazole rings is 1. The Morgan fingerprint density at radius 1 is 1.41 bits per heavy atom. The molecule has 1 amide bonds. The number of thioether (sulfide) groups is 1. The van der Waals surface area contributed by atoms with E-state index < -0.39 is 0 Å². The van der Waals surface area contributed by atoms with E-state index in [-0.39, 0.29) is 12.0 Å². The number of morpholine rings is 1. The van der Waals surface area contributed by atoms with Gasteiger partial charge in [-0.05, 0) is 29.5 Å². The molecule has 0 bridgehead atoms. The average molecular weight is 319 g/mol. The summed E-state index contributed by atoms with van der Waals surface area (Å²) in [5.74, 6) is 0.405. The van der Waals surface area contributed by atoms with Crippen LogP contribution in [0.4, 0.5) is 0 Å². The number of rotatable bonds is 4. The van der Waals surface area contributed by atoms with Gasteiger partial charge in [-0.25, -0.2) is 0 Å². The highest BCUT2D eigenvalue weighted by atomic mass is 32.2. The first-order valence-electron chi connectivity index (χ1n) is 7.10. The zero-order chi connectivity index (χ0) is 15.4. The van der Waals surface area contributed by atoms with Crippen molar-refractivity contribution >= 4 is 17.7 Å². The van der Waals surface area contributed by atoms with Crippen LogP contribution in [0.25, 0.3) is 5.69 Å². The number of para-hydroxylation sites is 1. The molecule has 3 rings (SSSR count). The van der Waals surface area contributed by atoms with Gasteiger partial charge in [0, 0.05) is 13.1 Å². The minimum Gasteiger partial charge on any atom is -0.375 e. The van der Waals surface area contributed by atoms with Crippen LogP contribution in [-0.4, -0.2) is 62.6 Å². The van der Waals surface area contributed by atoms with Crippen molar-refractivity contribution in [3.63, 3.8) is 0 Å². The third kappa shape index (κ3) is 3.45. The van der Waals surface area contributed by atoms with Gasteiger partial charge in [-0.1, -0.05) is 30.0 Å². The second-order valence-corrected chi connectivity index (χ2v) is 5.96. The van der Waals surface area contributed by atoms with Gasteiger partial charge in [0.1, 0.15) is 0 Å². The van der Waals surface area contributed by atoms with Crippen LogP contribution in [0, 0.1) is 0 Å². The molecule has 2 aromatic rings. The Hall–Kier alpha value is -1.93. The topological polar surface area (TPSA) is 73.1 Å². The summed E-state index contributed by atoms with van der Waals surface area (Å²) in [5.41, 5.74) is 0.877. The van der Waals surface area contributed by atoms with Crippen molar-refractivity contribution in [3.8, 4) is 5.69 Å². The number of hydrogen-bond donors (Lipinski definition) is 0. The Balaban J connectivity index is 1.63. The normalized spacial score (nSPS) is 18.4. The Bertz CT molecular complexity index is 633. The Kier molecular flexibility index (Phi) is 4.69. The number of ether oxygens (including phenoxy) is 1. The summed E-state index contributed by atoms with van der Waals surface area (Å²) in [6, 6.07) is 9.62. The van der Waals surface area contributed by atoms with Crippen LogP contribution in [0.2, 0.25) is 0 Å². The lowest BCUT2D eigenvalue weighted by Crippen LogP contribution is -2.45. The predicted octanol–water partition coefficient (Wildman–Crippen LogP) is 1.00. The summed E-state index contributed by atoms with van der Waals surface area (Å²) in [6.07, 6.45) is 0.0948. The van der Waals surface area contributed by atoms with E-state index in [1.807, 2.05) is 42.2 Å². The number of carbonyl (C=O) groups excluding carboxylic acids is 1. The highest BCUT2D eigenvalue weighted by Crippen LogP contribution is 2.19. The van der Waals surface area contributed by atoms with E-state index in [1.54, 1.807) is 4.68 Å². The van der Waals surface area contributed by atoms with E-state index in [9.17, 15) is 4.79 Å². The van der Waals surface area contributed by atoms with Crippen molar-refractivity contribution in [1.29, 1.82) is 0 Å². The number of carbonyl (C=O) groups is 1. The van der Waals surface area contributed by atoms with Gasteiger partial charge in [0.05, 0.1) is 24.2 Å². The standard InChI is InChI=1S/C14H17N5O2S/c1-11-9-18(7-8-21-11)13(20)10-22-14-15-16-17-19(14)12-5-3-2-4-6-12/h2-6,11H,7-10H2,1H3. The molecule has 1 aromatic carbocycles. The number of hydrogen-bond acceptors (Lipinski definition) is 6. The van der Waals surface area contributed by atoms with Gasteiger partial charge in [-0.15, -0.1) is 5.10 Å². The predicted molar refractivity (Wildman–Crippen MR) is 81.9 cm³/mol. The molecule has 1 saturated heterocycles. The second-order valence-electron chi connectivity index (χ2n) is 5.02. The molecule has 0 saturated carbocycles. The highest BCUT2D eigenvalue weighted by molar-refractivity contribution is 7.99. The Morgan fingerprint density at radius 2 is 2.23 bits per heavy atom. The number of benzene rings is 1. The molecule has 1 unspecified atom stereocenters. The monoisotopic (exact) mass is 319 g/mol. The van der Waals surface area contributed by atoms with Crippen LogP contribution in [0.15, 0.2) is 35.5 Å². The van der Waals surface area contributed by atoms with Gasteiger partial charge in [0.25, 0.3) is 0 Å². The SMILES string of the molecule is CC1CN(C(=O)CSc2nnnn2-c2ccccc2)CCO1. The third-order valence-electron chi connectivity index (χ3n) is 3.36. The fourth-order valence-electron chi connectivity index (χ4n) is 2.26. The molecule has 7 nitrogen and oxygen atoms in total. The van der Waals surface area contributed by atoms with E-state index in [4.69, 9.17) is 4.74 Å². The van der Waals surface area contributed by atoms with E-state index in [0.29, 0.717) is 30.6 Å². The van der Waals surface area contributed by atoms with E-state index in [0.717, 1.165) is 5.69 Å². The number of nitrogens with zero attached hydrogens (tertiary/aromatic N) is 5. The molecule has 22 heavy (non-hydrogen) atoms. The smallest absolute Gasteiger partial charge is 0.233 e. The van der Waals surface area contributed by atoms with Crippen molar-refractivity contribution in [2.24, 2.45) is 0 Å². The molecule has 1 fully saturated rings. The number of amides is 1. The lowest BCUT2D eigenvalue weighted by molar-refractivity contribution is -0.135. The van der Waals surface area contributed by atoms with Crippen LogP contribution >= 0.6 is 11.8 Å². The van der Waals surface area contributed by atoms with Gasteiger partial charge in [0.2, 0.25) is 11.1 Å². The molecule has 0 N–H and O–H groups in total. The quantitative estimate of drug-likeness (QED) is 0.783. The molecule has 1 aliphatic heterocycles. The molecule has 0 spiro atoms. The van der Waals surface area contributed by atoms with Gasteiger partial charge < -0.3 is 9.64 Å². The summed E-state index contributed by atoms with van der Waals surface area (Å²) in [5, 5.41) is 12.3. The van der Waals surface area contributed by atoms with Crippen LogP contribution < -0.4 is 0 Å². The fraction of sp³-hybridized carbons (Fsp3) is 0.429. The van der Waals surface area contributed by atoms with Gasteiger partial charge in [0.15, 0.2) is 0 Å². The van der Waals surface area contributed by atoms with Crippen molar-refractivity contribution in [2.45, 2.75) is 18.2 Å². The molecule has 0 radical (unpaired) electrons. The molecule has 0 aliphatic carbocycles. The van der Waals surface area contributed by atoms with E-state index in [2.05, 4.69) is 15.5 Å². The number of aromatic nitrogens is 4. The Labute approximate surface area is 132 Å². The molecule has 1 atom stereocenters. The minimum atomic E-state index is 0.0859. The minimum absolute atomic E-state index is 0.0859. The molecule has 1 aromatic heterocycles. The largest absolute Gasteiger partial charge is 0.375 e. The van der Waals surface area contributed by atoms with Crippen LogP contribution in [-0.2, 0) is 9.53 Å². The summed E-state index contributed by atoms with van der Waals surface area (Å²) >= 11 is 1.35. The summed E-state index contributed by atoms with van der Waals surface area (Å²) < 4.78 is 7.09. The van der Waals surface area contributed by atoms with Gasteiger partial charge in [-0.3, -0.25) is 4.79 Å². The van der Waals surface area contributed by atoms with Crippen LogP contribution in [0.1, 0.15) is 6.92 Å². The van der Waals surface area contributed by atoms with Crippen molar-refractivity contribution < 1.29 is 9.53 Å². The molecular weight excluding hydrogens is 302 g/mol. The maximum atomic E-state index is 12.3. The van der Waals surface area contributed by atoms with Gasteiger partial charge in [-0.2, -0.15) is 4.68 Å². The first kappa shape index (κ1) is 15.0. The average Bonchev–Trinajstić information content (AvgIpc) is 3.02. The molecular formula is C14H17N5O2S. The molecule has 2 heterocycles. The maximum Gasteiger partial charge on any atom is 0.233 e. The maximum absolute atomic E-state index is 12.3. The summed E-state index contributed by atoms with van der Waals surface area (Å²) in [6.45, 7) is 3.86. The molecule has 8 heteroatoms. The fourth-order valence-corrected chi connectivity index (χ4v) is 3.06. The highest BCUT2D eigenvalue weighted by Gasteiger charge is 2.22. The van der Waals surface area contributed by atoms with Crippen molar-refractivity contribution in [2.75, 3.05) is 25.4 Å². The van der Waals surface area contributed by atoms with Gasteiger partial charge >= 0.3 is 0 Å².